The summed E-state index contributed by atoms with van der Waals surface area (Å²) in [7, 11) is 0. The smallest absolute Gasteiger partial charge is 0.0541 e. The second kappa shape index (κ2) is 13.2. The van der Waals surface area contributed by atoms with Crippen LogP contribution in [0.25, 0.3) is 89.4 Å². The molecule has 2 heterocycles. The summed E-state index contributed by atoms with van der Waals surface area (Å²) in [5.74, 6) is 0. The Morgan fingerprint density at radius 1 is 0.309 bits per heavy atom. The van der Waals surface area contributed by atoms with Crippen LogP contribution < -0.4 is 0 Å². The zero-order valence-corrected chi connectivity index (χ0v) is 31.3. The Bertz CT molecular complexity index is 3020. The van der Waals surface area contributed by atoms with E-state index in [1.807, 2.05) is 0 Å². The summed E-state index contributed by atoms with van der Waals surface area (Å²) in [6.07, 6.45) is 4.40. The fourth-order valence-electron chi connectivity index (χ4n) is 8.36. The van der Waals surface area contributed by atoms with Crippen LogP contribution in [-0.2, 0) is 0 Å². The molecule has 0 saturated heterocycles. The van der Waals surface area contributed by atoms with Gasteiger partial charge in [-0.3, -0.25) is 0 Å². The molecule has 2 heteroatoms. The zero-order valence-electron chi connectivity index (χ0n) is 31.3. The molecule has 0 radical (unpaired) electrons. The molecule has 0 saturated carbocycles. The summed E-state index contributed by atoms with van der Waals surface area (Å²) in [6, 6.07) is 64.5. The van der Waals surface area contributed by atoms with E-state index < -0.39 is 0 Å². The van der Waals surface area contributed by atoms with Gasteiger partial charge in [-0.15, -0.1) is 0 Å². The lowest BCUT2D eigenvalue weighted by atomic mass is 10.00. The van der Waals surface area contributed by atoms with Crippen LogP contribution in [0.15, 0.2) is 176 Å². The zero-order chi connectivity index (χ0) is 37.0. The third-order valence-corrected chi connectivity index (χ3v) is 11.0. The van der Waals surface area contributed by atoms with Gasteiger partial charge in [-0.25, -0.2) is 0 Å². The highest BCUT2D eigenvalue weighted by molar-refractivity contribution is 6.11. The molecule has 2 aromatic heterocycles. The van der Waals surface area contributed by atoms with Gasteiger partial charge in [-0.1, -0.05) is 132 Å². The van der Waals surface area contributed by atoms with E-state index in [0.717, 1.165) is 0 Å². The lowest BCUT2D eigenvalue weighted by Gasteiger charge is -2.12. The average Bonchev–Trinajstić information content (AvgIpc) is 3.72. The summed E-state index contributed by atoms with van der Waals surface area (Å²) in [4.78, 5) is 0. The van der Waals surface area contributed by atoms with Crippen LogP contribution in [-0.4, -0.2) is 9.13 Å². The third kappa shape index (κ3) is 5.84. The Kier molecular flexibility index (Phi) is 7.85. The van der Waals surface area contributed by atoms with E-state index in [1.54, 1.807) is 0 Å². The number of para-hydroxylation sites is 2. The topological polar surface area (TPSA) is 9.86 Å². The monoisotopic (exact) mass is 704 g/mol. The highest BCUT2D eigenvalue weighted by Crippen LogP contribution is 2.37. The summed E-state index contributed by atoms with van der Waals surface area (Å²) < 4.78 is 4.78. The molecule has 0 amide bonds. The summed E-state index contributed by atoms with van der Waals surface area (Å²) in [5, 5.41) is 5.14. The Balaban J connectivity index is 0.912. The van der Waals surface area contributed by atoms with Gasteiger partial charge in [0.1, 0.15) is 0 Å². The van der Waals surface area contributed by atoms with Gasteiger partial charge < -0.3 is 9.13 Å². The van der Waals surface area contributed by atoms with Crippen LogP contribution in [0.1, 0.15) is 27.8 Å². The molecule has 0 fully saturated rings. The van der Waals surface area contributed by atoms with Gasteiger partial charge in [-0.05, 0) is 126 Å². The Morgan fingerprint density at radius 3 is 1.44 bits per heavy atom. The van der Waals surface area contributed by atoms with E-state index >= 15 is 0 Å². The van der Waals surface area contributed by atoms with E-state index in [4.69, 9.17) is 0 Å². The number of hydrogen-bond donors (Lipinski definition) is 0. The number of fused-ring (bicyclic) bond motifs is 6. The number of benzene rings is 8. The molecule has 55 heavy (non-hydrogen) atoms. The maximum atomic E-state index is 2.42. The normalized spacial score (nSPS) is 11.8. The lowest BCUT2D eigenvalue weighted by molar-refractivity contribution is 1.17. The molecule has 0 bridgehead atoms. The fourth-order valence-corrected chi connectivity index (χ4v) is 8.36. The van der Waals surface area contributed by atoms with Crippen LogP contribution >= 0.6 is 0 Å². The third-order valence-electron chi connectivity index (χ3n) is 11.0. The first kappa shape index (κ1) is 32.7. The van der Waals surface area contributed by atoms with Crippen molar-refractivity contribution >= 4 is 55.8 Å². The van der Waals surface area contributed by atoms with E-state index in [2.05, 4.69) is 218 Å². The fraction of sp³-hybridized carbons (Fsp3) is 0.0566. The maximum absolute atomic E-state index is 2.42. The molecule has 0 atom stereocenters. The van der Waals surface area contributed by atoms with Crippen molar-refractivity contribution in [2.45, 2.75) is 20.8 Å². The maximum Gasteiger partial charge on any atom is 0.0541 e. The van der Waals surface area contributed by atoms with Gasteiger partial charge in [0.05, 0.1) is 22.1 Å². The molecule has 0 aliphatic heterocycles. The first-order chi connectivity index (χ1) is 27.0. The number of aryl methyl sites for hydroxylation is 3. The summed E-state index contributed by atoms with van der Waals surface area (Å²) >= 11 is 0. The van der Waals surface area contributed by atoms with Crippen LogP contribution in [0.2, 0.25) is 0 Å². The van der Waals surface area contributed by atoms with E-state index in [-0.39, 0.29) is 0 Å². The quantitative estimate of drug-likeness (QED) is 0.153. The molecule has 0 aliphatic carbocycles. The number of nitrogens with zero attached hydrogens (tertiary/aromatic N) is 2. The minimum Gasteiger partial charge on any atom is -0.309 e. The predicted octanol–water partition coefficient (Wildman–Crippen LogP) is 14.3. The molecule has 8 aromatic carbocycles. The number of hydrogen-bond acceptors (Lipinski definition) is 0. The highest BCUT2D eigenvalue weighted by atomic mass is 15.0. The van der Waals surface area contributed by atoms with Gasteiger partial charge in [0.25, 0.3) is 0 Å². The summed E-state index contributed by atoms with van der Waals surface area (Å²) in [6.45, 7) is 6.54. The van der Waals surface area contributed by atoms with Crippen molar-refractivity contribution in [1.29, 1.82) is 0 Å². The van der Waals surface area contributed by atoms with E-state index in [0.29, 0.717) is 0 Å². The second-order valence-corrected chi connectivity index (χ2v) is 14.9. The minimum atomic E-state index is 1.18. The first-order valence-electron chi connectivity index (χ1n) is 19.1. The molecule has 0 N–H and O–H groups in total. The second-order valence-electron chi connectivity index (χ2n) is 14.9. The molecule has 0 unspecified atom stereocenters. The lowest BCUT2D eigenvalue weighted by Crippen LogP contribution is -1.96. The van der Waals surface area contributed by atoms with Crippen LogP contribution in [0.5, 0.6) is 0 Å². The molecule has 262 valence electrons. The molecule has 10 rings (SSSR count). The molecule has 10 aromatic rings. The molecular weight excluding hydrogens is 665 g/mol. The minimum absolute atomic E-state index is 1.18. The van der Waals surface area contributed by atoms with Gasteiger partial charge in [-0.2, -0.15) is 0 Å². The van der Waals surface area contributed by atoms with E-state index in [1.165, 1.54) is 105 Å². The molecule has 0 aliphatic rings. The van der Waals surface area contributed by atoms with Crippen molar-refractivity contribution in [3.63, 3.8) is 0 Å². The first-order valence-corrected chi connectivity index (χ1v) is 19.1. The Hall–Kier alpha value is -6.90. The largest absolute Gasteiger partial charge is 0.309 e. The molecule has 2 nitrogen and oxygen atoms in total. The Morgan fingerprint density at radius 2 is 0.800 bits per heavy atom. The van der Waals surface area contributed by atoms with Gasteiger partial charge >= 0.3 is 0 Å². The Labute approximate surface area is 321 Å². The van der Waals surface area contributed by atoms with E-state index in [9.17, 15) is 0 Å². The van der Waals surface area contributed by atoms with Gasteiger partial charge in [0.2, 0.25) is 0 Å². The van der Waals surface area contributed by atoms with Crippen molar-refractivity contribution in [2.24, 2.45) is 0 Å². The number of aromatic nitrogens is 2. The SMILES string of the molecule is Cc1cc(-c2ccc(/C=C/c3ccc(-c4ccc5c(c4)c4ccccc4n5-c4ccccc4)cc3)cc2)cc(-n2c3ccc(C)cc3c3cc(C)ccc32)c1. The summed E-state index contributed by atoms with van der Waals surface area (Å²) in [5.41, 5.74) is 18.3. The average molecular weight is 705 g/mol. The molecule has 0 spiro atoms. The van der Waals surface area contributed by atoms with Crippen LogP contribution in [0.4, 0.5) is 0 Å². The predicted molar refractivity (Wildman–Crippen MR) is 236 cm³/mol. The number of rotatable bonds is 6. The van der Waals surface area contributed by atoms with Gasteiger partial charge in [0.15, 0.2) is 0 Å². The van der Waals surface area contributed by atoms with Crippen molar-refractivity contribution in [3.8, 4) is 33.6 Å². The van der Waals surface area contributed by atoms with Gasteiger partial charge in [0, 0.05) is 32.9 Å². The van der Waals surface area contributed by atoms with Crippen molar-refractivity contribution in [1.82, 2.24) is 9.13 Å². The molecular formula is C53H40N2. The van der Waals surface area contributed by atoms with Crippen molar-refractivity contribution in [3.05, 3.63) is 204 Å². The van der Waals surface area contributed by atoms with Crippen molar-refractivity contribution in [2.75, 3.05) is 0 Å². The highest BCUT2D eigenvalue weighted by Gasteiger charge is 2.15. The standard InChI is InChI=1S/C53H40N2/c1-35-13-26-51-47(31-35)48-32-36(2)14-27-52(48)55(51)45-30-37(3)29-43(33-45)41-23-19-39(20-24-41)16-15-38-17-21-40(22-18-38)42-25-28-53-49(34-42)46-11-7-8-12-50(46)54(53)44-9-5-4-6-10-44/h4-34H,1-3H3/b16-15+. The van der Waals surface area contributed by atoms with Crippen molar-refractivity contribution < 1.29 is 0 Å². The van der Waals surface area contributed by atoms with Crippen LogP contribution in [0.3, 0.4) is 0 Å². The van der Waals surface area contributed by atoms with Crippen LogP contribution in [0, 0.1) is 20.8 Å².